The van der Waals surface area contributed by atoms with Crippen molar-refractivity contribution in [2.45, 2.75) is 50.2 Å². The molecule has 1 amide bonds. The molecule has 2 N–H and O–H groups in total. The van der Waals surface area contributed by atoms with Crippen molar-refractivity contribution in [3.63, 3.8) is 0 Å². The molecule has 0 unspecified atom stereocenters. The van der Waals surface area contributed by atoms with Crippen LogP contribution in [0.5, 0.6) is 0 Å². The van der Waals surface area contributed by atoms with Crippen LogP contribution in [0.15, 0.2) is 18.3 Å². The standard InChI is InChI=1S/C16H23N3O2/c1-17-15(20)13-5-4-9-18-14(13)19-12-6-10-21-16(11-12)7-2-3-8-16/h4-5,9,12H,2-3,6-8,10-11H2,1H3,(H,17,20)(H,18,19)/t12-/m1/s1. The summed E-state index contributed by atoms with van der Waals surface area (Å²) in [5.41, 5.74) is 0.671. The van der Waals surface area contributed by atoms with Gasteiger partial charge in [0.2, 0.25) is 0 Å². The first kappa shape index (κ1) is 14.3. The van der Waals surface area contributed by atoms with E-state index in [-0.39, 0.29) is 11.5 Å². The van der Waals surface area contributed by atoms with Gasteiger partial charge >= 0.3 is 0 Å². The fourth-order valence-corrected chi connectivity index (χ4v) is 3.55. The maximum atomic E-state index is 11.9. The number of anilines is 1. The molecule has 2 heterocycles. The molecule has 1 atom stereocenters. The second-order valence-corrected chi connectivity index (χ2v) is 6.05. The number of pyridine rings is 1. The number of carbonyl (C=O) groups is 1. The Balaban J connectivity index is 1.73. The molecule has 5 heteroatoms. The van der Waals surface area contributed by atoms with Crippen LogP contribution in [0.25, 0.3) is 0 Å². The van der Waals surface area contributed by atoms with Crippen molar-refractivity contribution in [2.75, 3.05) is 19.0 Å². The van der Waals surface area contributed by atoms with Crippen molar-refractivity contribution in [2.24, 2.45) is 0 Å². The van der Waals surface area contributed by atoms with Gasteiger partial charge in [-0.2, -0.15) is 0 Å². The third kappa shape index (κ3) is 3.02. The van der Waals surface area contributed by atoms with Gasteiger partial charge in [-0.3, -0.25) is 4.79 Å². The van der Waals surface area contributed by atoms with E-state index in [1.165, 1.54) is 12.8 Å². The second-order valence-electron chi connectivity index (χ2n) is 6.05. The van der Waals surface area contributed by atoms with Crippen molar-refractivity contribution in [1.29, 1.82) is 0 Å². The highest BCUT2D eigenvalue weighted by Crippen LogP contribution is 2.40. The van der Waals surface area contributed by atoms with Gasteiger partial charge < -0.3 is 15.4 Å². The van der Waals surface area contributed by atoms with Gasteiger partial charge in [0.15, 0.2) is 0 Å². The number of nitrogens with zero attached hydrogens (tertiary/aromatic N) is 1. The average Bonchev–Trinajstić information content (AvgIpc) is 2.95. The minimum Gasteiger partial charge on any atom is -0.375 e. The zero-order valence-electron chi connectivity index (χ0n) is 12.5. The lowest BCUT2D eigenvalue weighted by Gasteiger charge is -2.38. The SMILES string of the molecule is CNC(=O)c1cccnc1N[C@@H]1CCOC2(CCCC2)C1. The number of hydrogen-bond donors (Lipinski definition) is 2. The summed E-state index contributed by atoms with van der Waals surface area (Å²) >= 11 is 0. The first-order chi connectivity index (χ1) is 10.2. The molecule has 1 saturated carbocycles. The molecule has 1 spiro atoms. The molecule has 2 fully saturated rings. The van der Waals surface area contributed by atoms with Gasteiger partial charge in [0.1, 0.15) is 5.82 Å². The Bertz CT molecular complexity index is 512. The minimum absolute atomic E-state index is 0.0673. The van der Waals surface area contributed by atoms with E-state index in [1.54, 1.807) is 25.4 Å². The maximum absolute atomic E-state index is 11.9. The fraction of sp³-hybridized carbons (Fsp3) is 0.625. The van der Waals surface area contributed by atoms with Crippen LogP contribution in [0.2, 0.25) is 0 Å². The molecule has 2 aliphatic rings. The Morgan fingerprint density at radius 1 is 1.43 bits per heavy atom. The lowest BCUT2D eigenvalue weighted by Crippen LogP contribution is -2.42. The molecule has 1 aliphatic heterocycles. The van der Waals surface area contributed by atoms with E-state index in [9.17, 15) is 4.79 Å². The van der Waals surface area contributed by atoms with Gasteiger partial charge in [-0.1, -0.05) is 12.8 Å². The Hall–Kier alpha value is -1.62. The number of amides is 1. The highest BCUT2D eigenvalue weighted by Gasteiger charge is 2.40. The number of rotatable bonds is 3. The number of aromatic nitrogens is 1. The summed E-state index contributed by atoms with van der Waals surface area (Å²) in [6, 6.07) is 3.92. The lowest BCUT2D eigenvalue weighted by atomic mass is 9.89. The fourth-order valence-electron chi connectivity index (χ4n) is 3.55. The monoisotopic (exact) mass is 289 g/mol. The van der Waals surface area contributed by atoms with Crippen LogP contribution in [0.4, 0.5) is 5.82 Å². The number of hydrogen-bond acceptors (Lipinski definition) is 4. The van der Waals surface area contributed by atoms with Gasteiger partial charge in [0, 0.05) is 25.9 Å². The normalized spacial score (nSPS) is 24.0. The van der Waals surface area contributed by atoms with Crippen LogP contribution in [-0.2, 0) is 4.74 Å². The highest BCUT2D eigenvalue weighted by atomic mass is 16.5. The van der Waals surface area contributed by atoms with Crippen LogP contribution in [-0.4, -0.2) is 36.2 Å². The Labute approximate surface area is 125 Å². The van der Waals surface area contributed by atoms with Gasteiger partial charge in [-0.25, -0.2) is 4.98 Å². The van der Waals surface area contributed by atoms with Gasteiger partial charge in [-0.05, 0) is 37.8 Å². The number of ether oxygens (including phenoxy) is 1. The van der Waals surface area contributed by atoms with Crippen LogP contribution < -0.4 is 10.6 Å². The molecular weight excluding hydrogens is 266 g/mol. The van der Waals surface area contributed by atoms with E-state index in [4.69, 9.17) is 4.74 Å². The third-order valence-corrected chi connectivity index (χ3v) is 4.63. The second kappa shape index (κ2) is 6.02. The van der Waals surface area contributed by atoms with Gasteiger partial charge in [0.25, 0.3) is 5.91 Å². The first-order valence-electron chi connectivity index (χ1n) is 7.80. The largest absolute Gasteiger partial charge is 0.375 e. The summed E-state index contributed by atoms with van der Waals surface area (Å²) < 4.78 is 6.05. The zero-order valence-corrected chi connectivity index (χ0v) is 12.5. The van der Waals surface area contributed by atoms with Crippen molar-refractivity contribution < 1.29 is 9.53 Å². The smallest absolute Gasteiger partial charge is 0.254 e. The molecule has 3 rings (SSSR count). The van der Waals surface area contributed by atoms with Crippen molar-refractivity contribution in [3.8, 4) is 0 Å². The van der Waals surface area contributed by atoms with Crippen LogP contribution in [0.3, 0.4) is 0 Å². The topological polar surface area (TPSA) is 63.2 Å². The summed E-state index contributed by atoms with van der Waals surface area (Å²) in [4.78, 5) is 16.3. The van der Waals surface area contributed by atoms with Crippen LogP contribution in [0, 0.1) is 0 Å². The number of nitrogens with one attached hydrogen (secondary N) is 2. The Kier molecular flexibility index (Phi) is 4.10. The zero-order chi connectivity index (χ0) is 14.7. The molecule has 1 aliphatic carbocycles. The highest BCUT2D eigenvalue weighted by molar-refractivity contribution is 5.98. The van der Waals surface area contributed by atoms with E-state index < -0.39 is 0 Å². The quantitative estimate of drug-likeness (QED) is 0.896. The molecule has 1 aromatic heterocycles. The summed E-state index contributed by atoms with van der Waals surface area (Å²) in [5.74, 6) is 0.574. The Morgan fingerprint density at radius 3 is 3.00 bits per heavy atom. The van der Waals surface area contributed by atoms with E-state index in [2.05, 4.69) is 15.6 Å². The molecule has 1 saturated heterocycles. The summed E-state index contributed by atoms with van der Waals surface area (Å²) in [5, 5.41) is 6.13. The molecular formula is C16H23N3O2. The maximum Gasteiger partial charge on any atom is 0.254 e. The van der Waals surface area contributed by atoms with E-state index >= 15 is 0 Å². The lowest BCUT2D eigenvalue weighted by molar-refractivity contribution is -0.0767. The summed E-state index contributed by atoms with van der Waals surface area (Å²) in [6.45, 7) is 0.791. The van der Waals surface area contributed by atoms with Crippen molar-refractivity contribution >= 4 is 11.7 Å². The summed E-state index contributed by atoms with van der Waals surface area (Å²) in [6.07, 6.45) is 8.55. The van der Waals surface area contributed by atoms with E-state index in [1.807, 2.05) is 0 Å². The molecule has 0 radical (unpaired) electrons. The predicted molar refractivity (Wildman–Crippen MR) is 81.4 cm³/mol. The Morgan fingerprint density at radius 2 is 2.24 bits per heavy atom. The minimum atomic E-state index is -0.103. The molecule has 0 aromatic carbocycles. The van der Waals surface area contributed by atoms with Crippen molar-refractivity contribution in [3.05, 3.63) is 23.9 Å². The van der Waals surface area contributed by atoms with Crippen LogP contribution >= 0.6 is 0 Å². The van der Waals surface area contributed by atoms with Gasteiger partial charge in [0.05, 0.1) is 11.2 Å². The molecule has 0 bridgehead atoms. The molecule has 5 nitrogen and oxygen atoms in total. The molecule has 114 valence electrons. The van der Waals surface area contributed by atoms with Crippen LogP contribution in [0.1, 0.15) is 48.9 Å². The van der Waals surface area contributed by atoms with E-state index in [0.29, 0.717) is 17.4 Å². The third-order valence-electron chi connectivity index (χ3n) is 4.63. The molecule has 21 heavy (non-hydrogen) atoms. The van der Waals surface area contributed by atoms with E-state index in [0.717, 1.165) is 32.3 Å². The predicted octanol–water partition coefficient (Wildman–Crippen LogP) is 2.34. The first-order valence-corrected chi connectivity index (χ1v) is 7.80. The van der Waals surface area contributed by atoms with Gasteiger partial charge in [-0.15, -0.1) is 0 Å². The average molecular weight is 289 g/mol. The molecule has 1 aromatic rings. The summed E-state index contributed by atoms with van der Waals surface area (Å²) in [7, 11) is 1.64. The number of carbonyl (C=O) groups excluding carboxylic acids is 1. The van der Waals surface area contributed by atoms with Crippen molar-refractivity contribution in [1.82, 2.24) is 10.3 Å².